The summed E-state index contributed by atoms with van der Waals surface area (Å²) in [5.41, 5.74) is 5.93. The number of nitrogens with two attached hydrogens (primary N) is 1. The second kappa shape index (κ2) is 5.43. The predicted molar refractivity (Wildman–Crippen MR) is 70.8 cm³/mol. The Morgan fingerprint density at radius 3 is 2.88 bits per heavy atom. The third-order valence-corrected chi connectivity index (χ3v) is 5.24. The maximum absolute atomic E-state index is 12.3. The molecule has 1 saturated carbocycles. The summed E-state index contributed by atoms with van der Waals surface area (Å²) < 4.78 is 13.3. The van der Waals surface area contributed by atoms with E-state index in [4.69, 9.17) is 5.73 Å². The van der Waals surface area contributed by atoms with Crippen molar-refractivity contribution in [2.24, 2.45) is 5.73 Å². The molecule has 1 aliphatic carbocycles. The lowest BCUT2D eigenvalue weighted by Crippen LogP contribution is -2.33. The second-order valence-corrected chi connectivity index (χ2v) is 6.95. The largest absolute Gasteiger partial charge is 0.328 e. The van der Waals surface area contributed by atoms with E-state index in [9.17, 15) is 4.21 Å². The summed E-state index contributed by atoms with van der Waals surface area (Å²) >= 11 is 3.41. The van der Waals surface area contributed by atoms with Crippen LogP contribution in [-0.4, -0.2) is 15.5 Å². The molecule has 2 nitrogen and oxygen atoms in total. The van der Waals surface area contributed by atoms with Crippen LogP contribution in [0.1, 0.15) is 25.7 Å². The minimum absolute atomic E-state index is 0.231. The van der Waals surface area contributed by atoms with Gasteiger partial charge >= 0.3 is 0 Å². The molecule has 3 unspecified atom stereocenters. The quantitative estimate of drug-likeness (QED) is 0.913. The van der Waals surface area contributed by atoms with E-state index in [1.54, 1.807) is 0 Å². The number of rotatable bonds is 2. The van der Waals surface area contributed by atoms with Crippen molar-refractivity contribution in [1.82, 2.24) is 0 Å². The van der Waals surface area contributed by atoms with Crippen molar-refractivity contribution >= 4 is 26.7 Å². The van der Waals surface area contributed by atoms with E-state index in [0.29, 0.717) is 0 Å². The van der Waals surface area contributed by atoms with Crippen LogP contribution in [0, 0.1) is 0 Å². The van der Waals surface area contributed by atoms with Gasteiger partial charge in [0.05, 0.1) is 10.8 Å². The van der Waals surface area contributed by atoms with E-state index < -0.39 is 10.8 Å². The molecule has 2 N–H and O–H groups in total. The number of halogens is 1. The van der Waals surface area contributed by atoms with Gasteiger partial charge in [0.2, 0.25) is 0 Å². The molecule has 0 aliphatic heterocycles. The minimum Gasteiger partial charge on any atom is -0.328 e. The Hall–Kier alpha value is -0.190. The van der Waals surface area contributed by atoms with Gasteiger partial charge in [0.15, 0.2) is 0 Å². The van der Waals surface area contributed by atoms with Crippen molar-refractivity contribution in [3.05, 3.63) is 28.7 Å². The van der Waals surface area contributed by atoms with Crippen molar-refractivity contribution in [2.45, 2.75) is 41.9 Å². The lowest BCUT2D eigenvalue weighted by atomic mass is 9.96. The zero-order chi connectivity index (χ0) is 11.5. The van der Waals surface area contributed by atoms with Crippen LogP contribution in [0.25, 0.3) is 0 Å². The molecule has 16 heavy (non-hydrogen) atoms. The van der Waals surface area contributed by atoms with Crippen LogP contribution < -0.4 is 5.73 Å². The van der Waals surface area contributed by atoms with Crippen LogP contribution in [-0.2, 0) is 10.8 Å². The van der Waals surface area contributed by atoms with Crippen LogP contribution in [0.5, 0.6) is 0 Å². The minimum atomic E-state index is -0.911. The maximum atomic E-state index is 12.3. The molecule has 0 aromatic heterocycles. The number of hydrogen-bond acceptors (Lipinski definition) is 2. The van der Waals surface area contributed by atoms with Crippen molar-refractivity contribution < 1.29 is 4.21 Å². The number of benzene rings is 1. The molecule has 3 atom stereocenters. The van der Waals surface area contributed by atoms with Crippen molar-refractivity contribution in [3.63, 3.8) is 0 Å². The van der Waals surface area contributed by atoms with Gasteiger partial charge < -0.3 is 5.73 Å². The molecule has 88 valence electrons. The first-order valence-electron chi connectivity index (χ1n) is 5.58. The average Bonchev–Trinajstić information content (AvgIpc) is 2.28. The summed E-state index contributed by atoms with van der Waals surface area (Å²) in [4.78, 5) is 0.911. The molecule has 4 heteroatoms. The molecule has 0 heterocycles. The Kier molecular flexibility index (Phi) is 4.16. The van der Waals surface area contributed by atoms with Crippen molar-refractivity contribution in [1.29, 1.82) is 0 Å². The highest BCUT2D eigenvalue weighted by molar-refractivity contribution is 9.10. The van der Waals surface area contributed by atoms with Crippen LogP contribution in [0.15, 0.2) is 33.6 Å². The first-order valence-corrected chi connectivity index (χ1v) is 7.59. The molecular weight excluding hydrogens is 286 g/mol. The van der Waals surface area contributed by atoms with Crippen molar-refractivity contribution in [3.8, 4) is 0 Å². The van der Waals surface area contributed by atoms with E-state index in [0.717, 1.165) is 35.1 Å². The molecule has 1 fully saturated rings. The van der Waals surface area contributed by atoms with Gasteiger partial charge in [0.25, 0.3) is 0 Å². The van der Waals surface area contributed by atoms with Gasteiger partial charge in [0, 0.05) is 20.7 Å². The van der Waals surface area contributed by atoms with Gasteiger partial charge in [-0.05, 0) is 37.5 Å². The van der Waals surface area contributed by atoms with Gasteiger partial charge in [-0.15, -0.1) is 0 Å². The average molecular weight is 302 g/mol. The van der Waals surface area contributed by atoms with E-state index in [1.165, 1.54) is 0 Å². The van der Waals surface area contributed by atoms with Crippen LogP contribution in [0.2, 0.25) is 0 Å². The Bertz CT molecular complexity index is 396. The van der Waals surface area contributed by atoms with E-state index in [1.807, 2.05) is 24.3 Å². The Morgan fingerprint density at radius 1 is 1.38 bits per heavy atom. The molecule has 1 aliphatic rings. The van der Waals surface area contributed by atoms with E-state index in [2.05, 4.69) is 15.9 Å². The standard InChI is InChI=1S/C12H16BrNOS/c13-9-3-1-5-11(7-9)16(15)12-6-2-4-10(14)8-12/h1,3,5,7,10,12H,2,4,6,8,14H2. The summed E-state index contributed by atoms with van der Waals surface area (Å²) in [5.74, 6) is 0. The summed E-state index contributed by atoms with van der Waals surface area (Å²) in [6, 6.07) is 7.99. The van der Waals surface area contributed by atoms with Gasteiger partial charge in [-0.3, -0.25) is 4.21 Å². The molecule has 0 bridgehead atoms. The number of hydrogen-bond donors (Lipinski definition) is 1. The molecule has 2 rings (SSSR count). The smallest absolute Gasteiger partial charge is 0.0561 e. The first kappa shape index (κ1) is 12.3. The summed E-state index contributed by atoms with van der Waals surface area (Å²) in [7, 11) is -0.911. The summed E-state index contributed by atoms with van der Waals surface area (Å²) in [6.07, 6.45) is 4.10. The fourth-order valence-corrected chi connectivity index (χ4v) is 4.35. The van der Waals surface area contributed by atoms with Crippen LogP contribution >= 0.6 is 15.9 Å². The lowest BCUT2D eigenvalue weighted by Gasteiger charge is -2.25. The zero-order valence-electron chi connectivity index (χ0n) is 9.06. The highest BCUT2D eigenvalue weighted by Gasteiger charge is 2.25. The molecular formula is C12H16BrNOS. The SMILES string of the molecule is NC1CCCC(S(=O)c2cccc(Br)c2)C1. The van der Waals surface area contributed by atoms with E-state index in [-0.39, 0.29) is 11.3 Å². The third kappa shape index (κ3) is 2.93. The Morgan fingerprint density at radius 2 is 2.19 bits per heavy atom. The monoisotopic (exact) mass is 301 g/mol. The molecule has 0 spiro atoms. The topological polar surface area (TPSA) is 43.1 Å². The molecule has 1 aromatic carbocycles. The van der Waals surface area contributed by atoms with Crippen LogP contribution in [0.3, 0.4) is 0 Å². The van der Waals surface area contributed by atoms with Gasteiger partial charge in [0.1, 0.15) is 0 Å². The molecule has 0 saturated heterocycles. The summed E-state index contributed by atoms with van der Waals surface area (Å²) in [6.45, 7) is 0. The van der Waals surface area contributed by atoms with E-state index >= 15 is 0 Å². The predicted octanol–water partition coefficient (Wildman–Crippen LogP) is 2.83. The third-order valence-electron chi connectivity index (χ3n) is 3.00. The molecule has 0 amide bonds. The zero-order valence-corrected chi connectivity index (χ0v) is 11.5. The van der Waals surface area contributed by atoms with Crippen molar-refractivity contribution in [2.75, 3.05) is 0 Å². The maximum Gasteiger partial charge on any atom is 0.0561 e. The Labute approximate surface area is 107 Å². The second-order valence-electron chi connectivity index (χ2n) is 4.30. The fraction of sp³-hybridized carbons (Fsp3) is 0.500. The normalized spacial score (nSPS) is 27.6. The molecule has 1 aromatic rings. The molecule has 0 radical (unpaired) electrons. The Balaban J connectivity index is 2.12. The van der Waals surface area contributed by atoms with Crippen LogP contribution in [0.4, 0.5) is 0 Å². The highest BCUT2D eigenvalue weighted by Crippen LogP contribution is 2.26. The first-order chi connectivity index (χ1) is 7.66. The summed E-state index contributed by atoms with van der Waals surface area (Å²) in [5, 5.41) is 0.234. The fourth-order valence-electron chi connectivity index (χ4n) is 2.16. The van der Waals surface area contributed by atoms with Gasteiger partial charge in [-0.2, -0.15) is 0 Å². The lowest BCUT2D eigenvalue weighted by molar-refractivity contribution is 0.444. The van der Waals surface area contributed by atoms with Gasteiger partial charge in [-0.25, -0.2) is 0 Å². The highest BCUT2D eigenvalue weighted by atomic mass is 79.9. The van der Waals surface area contributed by atoms with Gasteiger partial charge in [-0.1, -0.05) is 28.4 Å².